The van der Waals surface area contributed by atoms with E-state index >= 15 is 0 Å². The van der Waals surface area contributed by atoms with E-state index in [9.17, 15) is 4.79 Å². The van der Waals surface area contributed by atoms with Crippen molar-refractivity contribution in [2.24, 2.45) is 0 Å². The molecule has 0 aliphatic rings. The molecule has 146 valence electrons. The first kappa shape index (κ1) is 19.9. The molecule has 0 aliphatic carbocycles. The molecule has 28 heavy (non-hydrogen) atoms. The fourth-order valence-electron chi connectivity index (χ4n) is 3.42. The Labute approximate surface area is 168 Å². The molecular weight excluding hydrogens is 344 g/mol. The van der Waals surface area contributed by atoms with Gasteiger partial charge in [0.1, 0.15) is 0 Å². The number of aromatic nitrogens is 1. The van der Waals surface area contributed by atoms with E-state index < -0.39 is 0 Å². The Bertz CT molecular complexity index is 839. The number of aryl methyl sites for hydroxylation is 1. The Kier molecular flexibility index (Phi) is 7.48. The summed E-state index contributed by atoms with van der Waals surface area (Å²) >= 11 is 0. The average Bonchev–Trinajstić information content (AvgIpc) is 3.17. The Morgan fingerprint density at radius 3 is 2.25 bits per heavy atom. The van der Waals surface area contributed by atoms with Crippen molar-refractivity contribution in [3.05, 3.63) is 95.8 Å². The fraction of sp³-hybridized carbons (Fsp3) is 0.320. The summed E-state index contributed by atoms with van der Waals surface area (Å²) in [7, 11) is 0. The first-order valence-corrected chi connectivity index (χ1v) is 10.3. The zero-order chi connectivity index (χ0) is 19.6. The SMILES string of the molecule is CCCCN(Cc1cccn1Cc1ccccc1)C(=O)CCc1ccccc1. The largest absolute Gasteiger partial charge is 0.345 e. The number of unbranched alkanes of at least 4 members (excludes halogenated alkanes) is 1. The monoisotopic (exact) mass is 374 g/mol. The number of nitrogens with zero attached hydrogens (tertiary/aromatic N) is 2. The van der Waals surface area contributed by atoms with Crippen molar-refractivity contribution in [1.82, 2.24) is 9.47 Å². The summed E-state index contributed by atoms with van der Waals surface area (Å²) < 4.78 is 2.25. The van der Waals surface area contributed by atoms with Crippen molar-refractivity contribution in [3.8, 4) is 0 Å². The van der Waals surface area contributed by atoms with Gasteiger partial charge in [0.2, 0.25) is 5.91 Å². The average molecular weight is 375 g/mol. The summed E-state index contributed by atoms with van der Waals surface area (Å²) in [5.74, 6) is 0.241. The molecule has 0 bridgehead atoms. The second kappa shape index (κ2) is 10.5. The maximum absolute atomic E-state index is 12.9. The van der Waals surface area contributed by atoms with Crippen LogP contribution in [-0.4, -0.2) is 21.9 Å². The summed E-state index contributed by atoms with van der Waals surface area (Å²) in [6.07, 6.45) is 5.60. The van der Waals surface area contributed by atoms with Crippen LogP contribution in [0, 0.1) is 0 Å². The minimum Gasteiger partial charge on any atom is -0.345 e. The molecule has 0 N–H and O–H groups in total. The van der Waals surface area contributed by atoms with E-state index in [4.69, 9.17) is 0 Å². The Balaban J connectivity index is 1.65. The van der Waals surface area contributed by atoms with Gasteiger partial charge in [0, 0.05) is 31.4 Å². The van der Waals surface area contributed by atoms with E-state index in [0.717, 1.165) is 32.4 Å². The van der Waals surface area contributed by atoms with Gasteiger partial charge in [0.05, 0.1) is 6.54 Å². The van der Waals surface area contributed by atoms with Gasteiger partial charge in [0.25, 0.3) is 0 Å². The molecular formula is C25H30N2O. The lowest BCUT2D eigenvalue weighted by molar-refractivity contribution is -0.132. The van der Waals surface area contributed by atoms with E-state index in [-0.39, 0.29) is 5.91 Å². The molecule has 1 aromatic heterocycles. The van der Waals surface area contributed by atoms with Crippen LogP contribution in [0.3, 0.4) is 0 Å². The smallest absolute Gasteiger partial charge is 0.223 e. The number of hydrogen-bond donors (Lipinski definition) is 0. The number of benzene rings is 2. The van der Waals surface area contributed by atoms with Crippen LogP contribution in [0.4, 0.5) is 0 Å². The lowest BCUT2D eigenvalue weighted by Crippen LogP contribution is -2.32. The van der Waals surface area contributed by atoms with E-state index in [1.54, 1.807) is 0 Å². The van der Waals surface area contributed by atoms with E-state index in [1.165, 1.54) is 16.8 Å². The van der Waals surface area contributed by atoms with Crippen molar-refractivity contribution in [1.29, 1.82) is 0 Å². The maximum Gasteiger partial charge on any atom is 0.223 e. The number of rotatable bonds is 10. The molecule has 1 amide bonds. The fourth-order valence-corrected chi connectivity index (χ4v) is 3.42. The van der Waals surface area contributed by atoms with Crippen molar-refractivity contribution >= 4 is 5.91 Å². The lowest BCUT2D eigenvalue weighted by atomic mass is 10.1. The number of hydrogen-bond acceptors (Lipinski definition) is 1. The van der Waals surface area contributed by atoms with Gasteiger partial charge in [-0.3, -0.25) is 4.79 Å². The minimum absolute atomic E-state index is 0.241. The second-order valence-corrected chi connectivity index (χ2v) is 7.27. The molecule has 0 atom stereocenters. The zero-order valence-electron chi connectivity index (χ0n) is 16.8. The highest BCUT2D eigenvalue weighted by molar-refractivity contribution is 5.76. The number of amides is 1. The van der Waals surface area contributed by atoms with Crippen LogP contribution in [0.15, 0.2) is 79.0 Å². The van der Waals surface area contributed by atoms with E-state index in [1.807, 2.05) is 29.2 Å². The Hall–Kier alpha value is -2.81. The first-order chi connectivity index (χ1) is 13.8. The summed E-state index contributed by atoms with van der Waals surface area (Å²) in [5.41, 5.74) is 3.68. The lowest BCUT2D eigenvalue weighted by Gasteiger charge is -2.24. The molecule has 0 aliphatic heterocycles. The third kappa shape index (κ3) is 5.85. The van der Waals surface area contributed by atoms with Crippen molar-refractivity contribution in [2.45, 2.75) is 45.7 Å². The number of carbonyl (C=O) groups is 1. The molecule has 0 saturated carbocycles. The molecule has 0 radical (unpaired) electrons. The summed E-state index contributed by atoms with van der Waals surface area (Å²) in [6, 6.07) is 24.9. The molecule has 0 unspecified atom stereocenters. The Morgan fingerprint density at radius 1 is 0.893 bits per heavy atom. The van der Waals surface area contributed by atoms with Crippen molar-refractivity contribution in [2.75, 3.05) is 6.54 Å². The third-order valence-corrected chi connectivity index (χ3v) is 5.08. The van der Waals surface area contributed by atoms with Crippen LogP contribution in [0.25, 0.3) is 0 Å². The molecule has 3 aromatic rings. The van der Waals surface area contributed by atoms with Crippen LogP contribution in [0.5, 0.6) is 0 Å². The molecule has 0 spiro atoms. The van der Waals surface area contributed by atoms with Gasteiger partial charge in [-0.15, -0.1) is 0 Å². The molecule has 1 heterocycles. The third-order valence-electron chi connectivity index (χ3n) is 5.08. The van der Waals surface area contributed by atoms with Crippen LogP contribution in [0.2, 0.25) is 0 Å². The zero-order valence-corrected chi connectivity index (χ0v) is 16.8. The predicted octanol–water partition coefficient (Wildman–Crippen LogP) is 5.30. The van der Waals surface area contributed by atoms with Crippen molar-refractivity contribution in [3.63, 3.8) is 0 Å². The molecule has 0 fully saturated rings. The number of carbonyl (C=O) groups excluding carboxylic acids is 1. The quantitative estimate of drug-likeness (QED) is 0.473. The van der Waals surface area contributed by atoms with Gasteiger partial charge in [-0.05, 0) is 36.1 Å². The van der Waals surface area contributed by atoms with Crippen LogP contribution < -0.4 is 0 Å². The molecule has 3 rings (SSSR count). The van der Waals surface area contributed by atoms with Crippen LogP contribution in [0.1, 0.15) is 43.0 Å². The highest BCUT2D eigenvalue weighted by Crippen LogP contribution is 2.13. The van der Waals surface area contributed by atoms with Gasteiger partial charge in [-0.25, -0.2) is 0 Å². The maximum atomic E-state index is 12.9. The van der Waals surface area contributed by atoms with Gasteiger partial charge in [-0.1, -0.05) is 74.0 Å². The minimum atomic E-state index is 0.241. The second-order valence-electron chi connectivity index (χ2n) is 7.27. The highest BCUT2D eigenvalue weighted by atomic mass is 16.2. The van der Waals surface area contributed by atoms with Crippen molar-refractivity contribution < 1.29 is 4.79 Å². The molecule has 2 aromatic carbocycles. The highest BCUT2D eigenvalue weighted by Gasteiger charge is 2.15. The van der Waals surface area contributed by atoms with Crippen LogP contribution >= 0.6 is 0 Å². The summed E-state index contributed by atoms with van der Waals surface area (Å²) in [4.78, 5) is 15.0. The standard InChI is InChI=1S/C25H30N2O/c1-2-3-18-27(25(28)17-16-22-11-6-4-7-12-22)21-24-15-10-19-26(24)20-23-13-8-5-9-14-23/h4-15,19H,2-3,16-18,20-21H2,1H3. The molecule has 0 saturated heterocycles. The molecule has 3 nitrogen and oxygen atoms in total. The van der Waals surface area contributed by atoms with Gasteiger partial charge in [-0.2, -0.15) is 0 Å². The van der Waals surface area contributed by atoms with Crippen LogP contribution in [-0.2, 0) is 24.3 Å². The van der Waals surface area contributed by atoms with E-state index in [2.05, 4.69) is 66.2 Å². The van der Waals surface area contributed by atoms with Gasteiger partial charge < -0.3 is 9.47 Å². The summed E-state index contributed by atoms with van der Waals surface area (Å²) in [5, 5.41) is 0. The predicted molar refractivity (Wildman–Crippen MR) is 115 cm³/mol. The summed E-state index contributed by atoms with van der Waals surface area (Å²) in [6.45, 7) is 4.50. The first-order valence-electron chi connectivity index (χ1n) is 10.3. The Morgan fingerprint density at radius 2 is 1.57 bits per heavy atom. The molecule has 3 heteroatoms. The normalized spacial score (nSPS) is 10.8. The van der Waals surface area contributed by atoms with Gasteiger partial charge >= 0.3 is 0 Å². The van der Waals surface area contributed by atoms with Gasteiger partial charge in [0.15, 0.2) is 0 Å². The topological polar surface area (TPSA) is 25.2 Å². The van der Waals surface area contributed by atoms with E-state index in [0.29, 0.717) is 13.0 Å².